The lowest BCUT2D eigenvalue weighted by atomic mass is 9.86. The van der Waals surface area contributed by atoms with E-state index in [1.165, 1.54) is 17.3 Å². The fourth-order valence-corrected chi connectivity index (χ4v) is 6.05. The van der Waals surface area contributed by atoms with Gasteiger partial charge in [-0.1, -0.05) is 42.5 Å². The van der Waals surface area contributed by atoms with Gasteiger partial charge in [-0.15, -0.1) is 0 Å². The minimum Gasteiger partial charge on any atom is -0.481 e. The molecule has 13 heteroatoms. The Labute approximate surface area is 227 Å². The Kier molecular flexibility index (Phi) is 8.66. The molecular formula is C25H27Cl2F3N4O4. The van der Waals surface area contributed by atoms with Gasteiger partial charge < -0.3 is 10.0 Å². The van der Waals surface area contributed by atoms with Gasteiger partial charge in [0.15, 0.2) is 11.5 Å². The van der Waals surface area contributed by atoms with Gasteiger partial charge in [0.2, 0.25) is 0 Å². The molecule has 2 aliphatic carbocycles. The maximum atomic E-state index is 14.4. The van der Waals surface area contributed by atoms with Crippen LogP contribution in [0.25, 0.3) is 0 Å². The number of carbonyl (C=O) groups excluding carboxylic acids is 2. The van der Waals surface area contributed by atoms with E-state index in [0.29, 0.717) is 12.8 Å². The zero-order valence-corrected chi connectivity index (χ0v) is 21.9. The first kappa shape index (κ1) is 28.4. The van der Waals surface area contributed by atoms with Crippen molar-refractivity contribution in [2.24, 2.45) is 5.92 Å². The summed E-state index contributed by atoms with van der Waals surface area (Å²) in [4.78, 5) is 43.2. The number of amides is 1. The minimum atomic E-state index is -4.90. The summed E-state index contributed by atoms with van der Waals surface area (Å²) in [5, 5.41) is 13.2. The van der Waals surface area contributed by atoms with Crippen LogP contribution in [-0.4, -0.2) is 55.0 Å². The average molecular weight is 575 g/mol. The summed E-state index contributed by atoms with van der Waals surface area (Å²) in [5.74, 6) is -3.13. The number of alkyl halides is 3. The maximum Gasteiger partial charge on any atom is 0.433 e. The highest BCUT2D eigenvalue weighted by molar-refractivity contribution is 6.39. The molecule has 2 aromatic rings. The van der Waals surface area contributed by atoms with Crippen LogP contribution in [0.5, 0.6) is 0 Å². The monoisotopic (exact) mass is 574 g/mol. The van der Waals surface area contributed by atoms with E-state index >= 15 is 0 Å². The largest absolute Gasteiger partial charge is 0.481 e. The van der Waals surface area contributed by atoms with Gasteiger partial charge in [0.25, 0.3) is 5.91 Å². The van der Waals surface area contributed by atoms with Crippen LogP contribution in [-0.2, 0) is 11.0 Å². The number of carbonyl (C=O) groups is 3. The molecule has 0 radical (unpaired) electrons. The second-order valence-electron chi connectivity index (χ2n) is 9.82. The number of nitrogens with zero attached hydrogens (tertiary/aromatic N) is 4. The summed E-state index contributed by atoms with van der Waals surface area (Å²) < 4.78 is 43.9. The van der Waals surface area contributed by atoms with Crippen molar-refractivity contribution in [1.29, 1.82) is 0 Å². The molecule has 1 N–H and O–H groups in total. The second-order valence-corrected chi connectivity index (χ2v) is 10.6. The van der Waals surface area contributed by atoms with E-state index in [1.807, 2.05) is 0 Å². The Balaban J connectivity index is 1.68. The number of aliphatic carboxylic acids is 1. The van der Waals surface area contributed by atoms with Crippen LogP contribution in [0.2, 0.25) is 10.0 Å². The van der Waals surface area contributed by atoms with E-state index in [9.17, 15) is 32.7 Å². The Morgan fingerprint density at radius 2 is 1.58 bits per heavy atom. The van der Waals surface area contributed by atoms with Crippen LogP contribution in [0, 0.1) is 5.92 Å². The summed E-state index contributed by atoms with van der Waals surface area (Å²) in [7, 11) is 0. The van der Waals surface area contributed by atoms with Gasteiger partial charge in [-0.25, -0.2) is 0 Å². The van der Waals surface area contributed by atoms with E-state index in [2.05, 4.69) is 10.1 Å². The fourth-order valence-electron chi connectivity index (χ4n) is 5.47. The van der Waals surface area contributed by atoms with Gasteiger partial charge in [0, 0.05) is 18.4 Å². The van der Waals surface area contributed by atoms with E-state index in [4.69, 9.17) is 23.2 Å². The number of hydrogen-bond acceptors (Lipinski definition) is 5. The molecule has 0 unspecified atom stereocenters. The maximum absolute atomic E-state index is 14.4. The Hall–Kier alpha value is -2.66. The predicted molar refractivity (Wildman–Crippen MR) is 132 cm³/mol. The highest BCUT2D eigenvalue weighted by Gasteiger charge is 2.44. The number of ketones is 1. The molecule has 2 aromatic heterocycles. The standard InChI is InChI=1S/C25H27Cl2F3N4O4/c26-18-11-31-12-19(27)21(18)20(35)13-33(15-4-2-1-3-5-15)23(36)17-10-32-34(22(17)25(28,29)30)16-8-6-14(7-9-16)24(37)38/h10-12,14-16H,1-9,13H2,(H,37,38)/t14-,16-. The number of rotatable bonds is 7. The lowest BCUT2D eigenvalue weighted by Crippen LogP contribution is -2.45. The zero-order valence-electron chi connectivity index (χ0n) is 20.4. The van der Waals surface area contributed by atoms with E-state index in [1.54, 1.807) is 0 Å². The van der Waals surface area contributed by atoms with E-state index in [-0.39, 0.29) is 41.3 Å². The molecule has 206 valence electrons. The van der Waals surface area contributed by atoms with Crippen molar-refractivity contribution in [3.63, 3.8) is 0 Å². The van der Waals surface area contributed by atoms with Gasteiger partial charge in [0.05, 0.1) is 45.9 Å². The van der Waals surface area contributed by atoms with Crippen molar-refractivity contribution in [3.05, 3.63) is 45.5 Å². The molecule has 0 atom stereocenters. The first-order chi connectivity index (χ1) is 18.0. The van der Waals surface area contributed by atoms with Crippen molar-refractivity contribution in [2.45, 2.75) is 76.0 Å². The summed E-state index contributed by atoms with van der Waals surface area (Å²) in [6.45, 7) is -0.501. The number of carboxylic acid groups (broad SMARTS) is 1. The highest BCUT2D eigenvalue weighted by Crippen LogP contribution is 2.39. The molecule has 0 bridgehead atoms. The van der Waals surface area contributed by atoms with Crippen LogP contribution in [0.4, 0.5) is 13.2 Å². The molecule has 2 fully saturated rings. The summed E-state index contributed by atoms with van der Waals surface area (Å²) >= 11 is 12.2. The quantitative estimate of drug-likeness (QED) is 0.402. The molecule has 2 saturated carbocycles. The molecule has 0 saturated heterocycles. The number of pyridine rings is 1. The topological polar surface area (TPSA) is 105 Å². The molecule has 2 heterocycles. The summed E-state index contributed by atoms with van der Waals surface area (Å²) in [6, 6.07) is -1.13. The normalized spacial score (nSPS) is 20.8. The van der Waals surface area contributed by atoms with Crippen LogP contribution in [0.1, 0.15) is 90.2 Å². The first-order valence-corrected chi connectivity index (χ1v) is 13.2. The molecule has 2 aliphatic rings. The number of carboxylic acids is 1. The SMILES string of the molecule is O=C(CN(C(=O)c1cnn([C@H]2CC[C@H](C(=O)O)CC2)c1C(F)(F)F)C1CCCCC1)c1c(Cl)cncc1Cl. The average Bonchev–Trinajstić information content (AvgIpc) is 3.33. The van der Waals surface area contributed by atoms with Crippen molar-refractivity contribution < 1.29 is 32.7 Å². The Morgan fingerprint density at radius 1 is 0.974 bits per heavy atom. The van der Waals surface area contributed by atoms with E-state index < -0.39 is 59.6 Å². The number of hydrogen-bond donors (Lipinski definition) is 1. The van der Waals surface area contributed by atoms with Gasteiger partial charge in [0.1, 0.15) is 0 Å². The third kappa shape index (κ3) is 5.98. The van der Waals surface area contributed by atoms with Crippen LogP contribution in [0.15, 0.2) is 18.6 Å². The smallest absolute Gasteiger partial charge is 0.433 e. The molecule has 0 aliphatic heterocycles. The Bertz CT molecular complexity index is 1190. The molecule has 8 nitrogen and oxygen atoms in total. The van der Waals surface area contributed by atoms with Crippen molar-refractivity contribution in [3.8, 4) is 0 Å². The van der Waals surface area contributed by atoms with Gasteiger partial charge >= 0.3 is 12.1 Å². The highest BCUT2D eigenvalue weighted by atomic mass is 35.5. The van der Waals surface area contributed by atoms with Crippen molar-refractivity contribution >= 4 is 40.9 Å². The third-order valence-corrected chi connectivity index (χ3v) is 7.98. The van der Waals surface area contributed by atoms with Crippen LogP contribution >= 0.6 is 23.2 Å². The molecule has 0 aromatic carbocycles. The molecule has 4 rings (SSSR count). The Morgan fingerprint density at radius 3 is 2.13 bits per heavy atom. The van der Waals surface area contributed by atoms with Crippen LogP contribution < -0.4 is 0 Å². The molecule has 1 amide bonds. The lowest BCUT2D eigenvalue weighted by molar-refractivity contribution is -0.147. The first-order valence-electron chi connectivity index (χ1n) is 12.5. The number of Topliss-reactive ketones (excluding diaryl/α,β-unsaturated/α-hetero) is 1. The summed E-state index contributed by atoms with van der Waals surface area (Å²) in [6.07, 6.45) is 2.87. The second kappa shape index (κ2) is 11.6. The van der Waals surface area contributed by atoms with Gasteiger partial charge in [-0.05, 0) is 38.5 Å². The summed E-state index contributed by atoms with van der Waals surface area (Å²) in [5.41, 5.74) is -1.86. The number of aromatic nitrogens is 3. The third-order valence-electron chi connectivity index (χ3n) is 7.41. The zero-order chi connectivity index (χ0) is 27.6. The van der Waals surface area contributed by atoms with Gasteiger partial charge in [-0.2, -0.15) is 18.3 Å². The molecule has 0 spiro atoms. The molecular weight excluding hydrogens is 548 g/mol. The van der Waals surface area contributed by atoms with Crippen LogP contribution in [0.3, 0.4) is 0 Å². The minimum absolute atomic E-state index is 0.0145. The molecule has 38 heavy (non-hydrogen) atoms. The van der Waals surface area contributed by atoms with E-state index in [0.717, 1.165) is 30.1 Å². The predicted octanol–water partition coefficient (Wildman–Crippen LogP) is 6.08. The van der Waals surface area contributed by atoms with Gasteiger partial charge in [-0.3, -0.25) is 24.0 Å². The van der Waals surface area contributed by atoms with Crippen molar-refractivity contribution in [1.82, 2.24) is 19.7 Å². The number of halogens is 5. The fraction of sp³-hybridized carbons (Fsp3) is 0.560. The van der Waals surface area contributed by atoms with Crippen molar-refractivity contribution in [2.75, 3.05) is 6.54 Å². The lowest BCUT2D eigenvalue weighted by Gasteiger charge is -2.34.